The fourth-order valence-corrected chi connectivity index (χ4v) is 2.92. The molecular formula is C22H33N3O5. The third-order valence-electron chi connectivity index (χ3n) is 4.19. The van der Waals surface area contributed by atoms with Crippen LogP contribution in [0.5, 0.6) is 0 Å². The smallest absolute Gasteiger partial charge is 0.410 e. The van der Waals surface area contributed by atoms with E-state index in [0.29, 0.717) is 5.71 Å². The molecule has 1 aliphatic rings. The third-order valence-corrected chi connectivity index (χ3v) is 4.19. The minimum absolute atomic E-state index is 0.211. The third kappa shape index (κ3) is 7.24. The monoisotopic (exact) mass is 419 g/mol. The molecule has 30 heavy (non-hydrogen) atoms. The number of rotatable bonds is 4. The molecule has 0 aliphatic carbocycles. The molecule has 1 saturated heterocycles. The van der Waals surface area contributed by atoms with Crippen LogP contribution < -0.4 is 5.32 Å². The second kappa shape index (κ2) is 9.36. The van der Waals surface area contributed by atoms with E-state index in [9.17, 15) is 9.59 Å². The van der Waals surface area contributed by atoms with Crippen LogP contribution in [0.15, 0.2) is 35.5 Å². The van der Waals surface area contributed by atoms with Crippen molar-refractivity contribution in [2.75, 3.05) is 6.54 Å². The maximum atomic E-state index is 12.6. The van der Waals surface area contributed by atoms with E-state index in [1.165, 1.54) is 4.90 Å². The van der Waals surface area contributed by atoms with Crippen molar-refractivity contribution in [1.82, 2.24) is 10.2 Å². The first-order valence-electron chi connectivity index (χ1n) is 10.1. The van der Waals surface area contributed by atoms with Crippen LogP contribution in [0.25, 0.3) is 0 Å². The van der Waals surface area contributed by atoms with Crippen molar-refractivity contribution in [2.24, 2.45) is 5.16 Å². The summed E-state index contributed by atoms with van der Waals surface area (Å²) >= 11 is 0. The predicted octanol–water partition coefficient (Wildman–Crippen LogP) is 4.09. The zero-order valence-corrected chi connectivity index (χ0v) is 18.9. The van der Waals surface area contributed by atoms with Gasteiger partial charge in [0, 0.05) is 0 Å². The summed E-state index contributed by atoms with van der Waals surface area (Å²) in [6.45, 7) is 13.1. The summed E-state index contributed by atoms with van der Waals surface area (Å²) in [6, 6.07) is 8.67. The van der Waals surface area contributed by atoms with Gasteiger partial charge in [0.2, 0.25) is 0 Å². The van der Waals surface area contributed by atoms with Gasteiger partial charge in [-0.15, -0.1) is 0 Å². The number of nitrogens with one attached hydrogen (secondary N) is 1. The predicted molar refractivity (Wildman–Crippen MR) is 114 cm³/mol. The number of likely N-dealkylation sites (tertiary alicyclic amines) is 1. The SMILES string of the molecule is CC1C(=NOCc2ccccc2)C(NC(=O)OC(C)(C)C)CN1C(=O)OC(C)(C)C. The first kappa shape index (κ1) is 23.5. The lowest BCUT2D eigenvalue weighted by Crippen LogP contribution is -2.44. The molecule has 1 aromatic rings. The average molecular weight is 420 g/mol. The van der Waals surface area contributed by atoms with Gasteiger partial charge in [0.1, 0.15) is 23.5 Å². The number of alkyl carbamates (subject to hydrolysis) is 1. The molecule has 166 valence electrons. The van der Waals surface area contributed by atoms with Gasteiger partial charge in [0.25, 0.3) is 0 Å². The standard InChI is InChI=1S/C22H33N3O5/c1-15-18(24-28-14-16-11-9-8-10-12-16)17(23-19(26)29-21(2,3)4)13-25(15)20(27)30-22(5,6)7/h8-12,15,17H,13-14H2,1-7H3,(H,23,26). The van der Waals surface area contributed by atoms with Crippen LogP contribution in [0, 0.1) is 0 Å². The number of benzene rings is 1. The van der Waals surface area contributed by atoms with Crippen molar-refractivity contribution in [1.29, 1.82) is 0 Å². The molecule has 1 N–H and O–H groups in total. The summed E-state index contributed by atoms with van der Waals surface area (Å²) in [4.78, 5) is 32.0. The average Bonchev–Trinajstić information content (AvgIpc) is 2.89. The number of carbonyl (C=O) groups excluding carboxylic acids is 2. The van der Waals surface area contributed by atoms with Gasteiger partial charge in [-0.1, -0.05) is 35.5 Å². The Morgan fingerprint density at radius 3 is 2.23 bits per heavy atom. The lowest BCUT2D eigenvalue weighted by Gasteiger charge is -2.26. The largest absolute Gasteiger partial charge is 0.444 e. The summed E-state index contributed by atoms with van der Waals surface area (Å²) in [5, 5.41) is 7.05. The highest BCUT2D eigenvalue weighted by Gasteiger charge is 2.42. The molecule has 2 unspecified atom stereocenters. The van der Waals surface area contributed by atoms with Gasteiger partial charge in [-0.2, -0.15) is 0 Å². The van der Waals surface area contributed by atoms with Crippen LogP contribution in [0.1, 0.15) is 54.0 Å². The zero-order valence-electron chi connectivity index (χ0n) is 18.9. The Balaban J connectivity index is 2.15. The van der Waals surface area contributed by atoms with Crippen LogP contribution in [-0.2, 0) is 20.9 Å². The fourth-order valence-electron chi connectivity index (χ4n) is 2.92. The number of oxime groups is 1. The summed E-state index contributed by atoms with van der Waals surface area (Å²) in [6.07, 6.45) is -1.05. The summed E-state index contributed by atoms with van der Waals surface area (Å²) < 4.78 is 10.8. The first-order valence-corrected chi connectivity index (χ1v) is 10.1. The molecule has 8 nitrogen and oxygen atoms in total. The van der Waals surface area contributed by atoms with E-state index in [1.54, 1.807) is 41.5 Å². The topological polar surface area (TPSA) is 89.5 Å². The van der Waals surface area contributed by atoms with Gasteiger partial charge in [0.05, 0.1) is 18.6 Å². The van der Waals surface area contributed by atoms with Crippen molar-refractivity contribution in [2.45, 2.75) is 78.4 Å². The van der Waals surface area contributed by atoms with Crippen LogP contribution in [-0.4, -0.2) is 52.6 Å². The normalized spacial score (nSPS) is 20.8. The Bertz CT molecular complexity index is 765. The zero-order chi connectivity index (χ0) is 22.5. The van der Waals surface area contributed by atoms with E-state index in [4.69, 9.17) is 14.3 Å². The molecule has 2 rings (SSSR count). The van der Waals surface area contributed by atoms with Gasteiger partial charge < -0.3 is 19.6 Å². The van der Waals surface area contributed by atoms with Crippen molar-refractivity contribution in [3.05, 3.63) is 35.9 Å². The van der Waals surface area contributed by atoms with Gasteiger partial charge >= 0.3 is 12.2 Å². The Hall–Kier alpha value is -2.77. The van der Waals surface area contributed by atoms with E-state index in [1.807, 2.05) is 37.3 Å². The molecule has 1 aliphatic heterocycles. The minimum atomic E-state index is -0.639. The molecule has 1 aromatic carbocycles. The van der Waals surface area contributed by atoms with Crippen molar-refractivity contribution in [3.63, 3.8) is 0 Å². The number of ether oxygens (including phenoxy) is 2. The molecule has 2 amide bonds. The Morgan fingerprint density at radius 1 is 1.07 bits per heavy atom. The Labute approximate surface area is 178 Å². The van der Waals surface area contributed by atoms with Gasteiger partial charge in [0.15, 0.2) is 0 Å². The number of amides is 2. The highest BCUT2D eigenvalue weighted by atomic mass is 16.6. The lowest BCUT2D eigenvalue weighted by atomic mass is 10.1. The first-order chi connectivity index (χ1) is 13.9. The maximum Gasteiger partial charge on any atom is 0.410 e. The van der Waals surface area contributed by atoms with Crippen molar-refractivity contribution >= 4 is 17.9 Å². The van der Waals surface area contributed by atoms with E-state index in [-0.39, 0.29) is 13.2 Å². The molecule has 1 heterocycles. The van der Waals surface area contributed by atoms with Gasteiger partial charge in [-0.05, 0) is 54.0 Å². The minimum Gasteiger partial charge on any atom is -0.444 e. The number of hydrogen-bond donors (Lipinski definition) is 1. The van der Waals surface area contributed by atoms with Crippen LogP contribution in [0.2, 0.25) is 0 Å². The lowest BCUT2D eigenvalue weighted by molar-refractivity contribution is 0.0240. The van der Waals surface area contributed by atoms with E-state index in [2.05, 4.69) is 10.5 Å². The second-order valence-corrected chi connectivity index (χ2v) is 9.28. The summed E-state index contributed by atoms with van der Waals surface area (Å²) in [5.74, 6) is 0. The molecule has 8 heteroatoms. The number of hydrogen-bond acceptors (Lipinski definition) is 6. The second-order valence-electron chi connectivity index (χ2n) is 9.28. The number of carbonyl (C=O) groups is 2. The van der Waals surface area contributed by atoms with Crippen molar-refractivity contribution < 1.29 is 23.9 Å². The Kier molecular flexibility index (Phi) is 7.34. The highest BCUT2D eigenvalue weighted by Crippen LogP contribution is 2.21. The summed E-state index contributed by atoms with van der Waals surface area (Å²) in [5.41, 5.74) is 0.227. The molecule has 0 radical (unpaired) electrons. The molecule has 1 fully saturated rings. The van der Waals surface area contributed by atoms with E-state index < -0.39 is 35.5 Å². The highest BCUT2D eigenvalue weighted by molar-refractivity contribution is 6.00. The molecule has 0 saturated carbocycles. The fraction of sp³-hybridized carbons (Fsp3) is 0.591. The number of nitrogens with zero attached hydrogens (tertiary/aromatic N) is 2. The van der Waals surface area contributed by atoms with Crippen LogP contribution in [0.3, 0.4) is 0 Å². The molecule has 2 atom stereocenters. The maximum absolute atomic E-state index is 12.6. The molecule has 0 aromatic heterocycles. The summed E-state index contributed by atoms with van der Waals surface area (Å²) in [7, 11) is 0. The molecular weight excluding hydrogens is 386 g/mol. The van der Waals surface area contributed by atoms with Crippen LogP contribution in [0.4, 0.5) is 9.59 Å². The molecule has 0 spiro atoms. The van der Waals surface area contributed by atoms with Gasteiger partial charge in [-0.3, -0.25) is 4.90 Å². The quantitative estimate of drug-likeness (QED) is 0.743. The van der Waals surface area contributed by atoms with Crippen molar-refractivity contribution in [3.8, 4) is 0 Å². The van der Waals surface area contributed by atoms with E-state index in [0.717, 1.165) is 5.56 Å². The molecule has 0 bridgehead atoms. The van der Waals surface area contributed by atoms with E-state index >= 15 is 0 Å². The Morgan fingerprint density at radius 2 is 1.67 bits per heavy atom. The van der Waals surface area contributed by atoms with Crippen LogP contribution >= 0.6 is 0 Å². The van der Waals surface area contributed by atoms with Gasteiger partial charge in [-0.25, -0.2) is 9.59 Å².